The molecule has 1 N–H and O–H groups in total. The predicted molar refractivity (Wildman–Crippen MR) is 70.1 cm³/mol. The molecule has 100 valence electrons. The van der Waals surface area contributed by atoms with Crippen LogP contribution in [0.25, 0.3) is 0 Å². The maximum atomic E-state index is 12.8. The topological polar surface area (TPSA) is 41.0 Å². The minimum Gasteiger partial charge on any atom is -0.341 e. The van der Waals surface area contributed by atoms with E-state index in [4.69, 9.17) is 0 Å². The van der Waals surface area contributed by atoms with Crippen molar-refractivity contribution in [2.24, 2.45) is 0 Å². The number of rotatable bonds is 4. The van der Waals surface area contributed by atoms with Crippen LogP contribution in [0.15, 0.2) is 12.4 Å². The Morgan fingerprint density at radius 2 is 1.89 bits per heavy atom. The van der Waals surface area contributed by atoms with E-state index in [-0.39, 0.29) is 5.82 Å². The van der Waals surface area contributed by atoms with Crippen LogP contribution in [0.1, 0.15) is 32.6 Å². The summed E-state index contributed by atoms with van der Waals surface area (Å²) in [5.74, 6) is 0.228. The molecule has 0 radical (unpaired) electrons. The van der Waals surface area contributed by atoms with E-state index in [1.54, 1.807) is 0 Å². The van der Waals surface area contributed by atoms with Gasteiger partial charge in [-0.05, 0) is 32.2 Å². The average molecular weight is 252 g/mol. The van der Waals surface area contributed by atoms with E-state index >= 15 is 0 Å². The Morgan fingerprint density at radius 3 is 2.44 bits per heavy atom. The Labute approximate surface area is 108 Å². The van der Waals surface area contributed by atoms with Crippen molar-refractivity contribution in [1.82, 2.24) is 15.3 Å². The fourth-order valence-corrected chi connectivity index (χ4v) is 2.61. The van der Waals surface area contributed by atoms with Crippen LogP contribution in [0.4, 0.5) is 10.3 Å². The second kappa shape index (κ2) is 6.09. The monoisotopic (exact) mass is 252 g/mol. The first-order chi connectivity index (χ1) is 8.70. The lowest BCUT2D eigenvalue weighted by molar-refractivity contribution is 0.339. The van der Waals surface area contributed by atoms with Crippen molar-refractivity contribution >= 4 is 5.95 Å². The molecular formula is C13H21FN4. The molecule has 1 heterocycles. The molecule has 1 aromatic rings. The summed E-state index contributed by atoms with van der Waals surface area (Å²) in [5.41, 5.74) is 0. The van der Waals surface area contributed by atoms with Crippen LogP contribution in [-0.2, 0) is 0 Å². The molecule has 0 saturated heterocycles. The van der Waals surface area contributed by atoms with Gasteiger partial charge in [-0.25, -0.2) is 14.4 Å². The van der Waals surface area contributed by atoms with Crippen LogP contribution >= 0.6 is 0 Å². The van der Waals surface area contributed by atoms with E-state index in [0.29, 0.717) is 18.0 Å². The van der Waals surface area contributed by atoms with E-state index in [1.165, 1.54) is 25.2 Å². The third kappa shape index (κ3) is 3.16. The van der Waals surface area contributed by atoms with Gasteiger partial charge in [-0.3, -0.25) is 0 Å². The summed E-state index contributed by atoms with van der Waals surface area (Å²) in [6, 6.07) is 1.11. The summed E-state index contributed by atoms with van der Waals surface area (Å²) in [6.45, 7) is 3.18. The zero-order chi connectivity index (χ0) is 13.0. The Kier molecular flexibility index (Phi) is 4.47. The molecular weight excluding hydrogens is 231 g/mol. The zero-order valence-electron chi connectivity index (χ0n) is 11.1. The highest BCUT2D eigenvalue weighted by molar-refractivity contribution is 5.29. The van der Waals surface area contributed by atoms with Gasteiger partial charge in [0.05, 0.1) is 12.4 Å². The third-order valence-electron chi connectivity index (χ3n) is 3.66. The van der Waals surface area contributed by atoms with Gasteiger partial charge in [-0.1, -0.05) is 6.92 Å². The van der Waals surface area contributed by atoms with Crippen molar-refractivity contribution in [3.63, 3.8) is 0 Å². The number of halogens is 1. The molecule has 0 aliphatic heterocycles. The van der Waals surface area contributed by atoms with E-state index in [9.17, 15) is 4.39 Å². The molecule has 1 aromatic heterocycles. The van der Waals surface area contributed by atoms with Crippen LogP contribution in [0.5, 0.6) is 0 Å². The summed E-state index contributed by atoms with van der Waals surface area (Å²) in [6.07, 6.45) is 7.09. The summed E-state index contributed by atoms with van der Waals surface area (Å²) in [4.78, 5) is 10.1. The highest BCUT2D eigenvalue weighted by atomic mass is 19.1. The van der Waals surface area contributed by atoms with E-state index in [1.807, 2.05) is 7.05 Å². The van der Waals surface area contributed by atoms with Gasteiger partial charge in [-0.2, -0.15) is 0 Å². The lowest BCUT2D eigenvalue weighted by atomic mass is 9.90. The highest BCUT2D eigenvalue weighted by Gasteiger charge is 2.24. The number of nitrogens with one attached hydrogen (secondary N) is 1. The van der Waals surface area contributed by atoms with Gasteiger partial charge >= 0.3 is 0 Å². The average Bonchev–Trinajstić information content (AvgIpc) is 2.40. The van der Waals surface area contributed by atoms with Crippen molar-refractivity contribution in [2.75, 3.05) is 18.5 Å². The first-order valence-corrected chi connectivity index (χ1v) is 6.64. The smallest absolute Gasteiger partial charge is 0.225 e. The number of anilines is 1. The predicted octanol–water partition coefficient (Wildman–Crippen LogP) is 1.97. The fraction of sp³-hybridized carbons (Fsp3) is 0.692. The lowest BCUT2D eigenvalue weighted by Gasteiger charge is -2.34. The van der Waals surface area contributed by atoms with Gasteiger partial charge in [0.25, 0.3) is 0 Å². The van der Waals surface area contributed by atoms with Crippen LogP contribution in [0, 0.1) is 5.82 Å². The van der Waals surface area contributed by atoms with Crippen LogP contribution in [-0.4, -0.2) is 35.6 Å². The minimum atomic E-state index is -0.386. The van der Waals surface area contributed by atoms with Gasteiger partial charge in [0, 0.05) is 19.1 Å². The van der Waals surface area contributed by atoms with E-state index in [0.717, 1.165) is 19.4 Å². The van der Waals surface area contributed by atoms with Crippen molar-refractivity contribution < 1.29 is 4.39 Å². The summed E-state index contributed by atoms with van der Waals surface area (Å²) in [5, 5.41) is 3.49. The van der Waals surface area contributed by atoms with Gasteiger partial charge in [-0.15, -0.1) is 0 Å². The molecule has 4 nitrogen and oxygen atoms in total. The Hall–Kier alpha value is -1.23. The molecule has 0 atom stereocenters. The molecule has 0 aromatic carbocycles. The number of hydrogen-bond donors (Lipinski definition) is 1. The molecule has 1 aliphatic carbocycles. The number of aromatic nitrogens is 2. The molecule has 0 amide bonds. The maximum Gasteiger partial charge on any atom is 0.225 e. The van der Waals surface area contributed by atoms with Crippen LogP contribution in [0.3, 0.4) is 0 Å². The number of nitrogens with zero attached hydrogens (tertiary/aromatic N) is 3. The summed E-state index contributed by atoms with van der Waals surface area (Å²) >= 11 is 0. The van der Waals surface area contributed by atoms with Crippen molar-refractivity contribution in [1.29, 1.82) is 0 Å². The number of hydrogen-bond acceptors (Lipinski definition) is 4. The van der Waals surface area contributed by atoms with Gasteiger partial charge in [0.15, 0.2) is 5.82 Å². The maximum absolute atomic E-state index is 12.8. The molecule has 0 spiro atoms. The molecule has 2 rings (SSSR count). The first kappa shape index (κ1) is 13.2. The summed E-state index contributed by atoms with van der Waals surface area (Å²) < 4.78 is 12.8. The minimum absolute atomic E-state index is 0.386. The standard InChI is InChI=1S/C13H21FN4/c1-3-15-11-4-6-12(7-5-11)18(2)13-16-8-10(14)9-17-13/h8-9,11-12,15H,3-7H2,1-2H3. The molecule has 18 heavy (non-hydrogen) atoms. The Bertz CT molecular complexity index is 360. The van der Waals surface area contributed by atoms with Gasteiger partial charge in [0.1, 0.15) is 0 Å². The Morgan fingerprint density at radius 1 is 1.28 bits per heavy atom. The fourth-order valence-electron chi connectivity index (χ4n) is 2.61. The lowest BCUT2D eigenvalue weighted by Crippen LogP contribution is -2.41. The van der Waals surface area contributed by atoms with E-state index < -0.39 is 0 Å². The molecule has 5 heteroatoms. The first-order valence-electron chi connectivity index (χ1n) is 6.64. The van der Waals surface area contributed by atoms with Crippen molar-refractivity contribution in [3.05, 3.63) is 18.2 Å². The molecule has 1 aliphatic rings. The normalized spacial score (nSPS) is 23.9. The van der Waals surface area contributed by atoms with Gasteiger partial charge in [0.2, 0.25) is 5.95 Å². The Balaban J connectivity index is 1.91. The SMILES string of the molecule is CCNC1CCC(N(C)c2ncc(F)cn2)CC1. The van der Waals surface area contributed by atoms with Crippen molar-refractivity contribution in [2.45, 2.75) is 44.7 Å². The van der Waals surface area contributed by atoms with Crippen LogP contribution in [0.2, 0.25) is 0 Å². The highest BCUT2D eigenvalue weighted by Crippen LogP contribution is 2.24. The molecule has 1 fully saturated rings. The summed E-state index contributed by atoms with van der Waals surface area (Å²) in [7, 11) is 1.99. The van der Waals surface area contributed by atoms with Crippen LogP contribution < -0.4 is 10.2 Å². The molecule has 1 saturated carbocycles. The zero-order valence-corrected chi connectivity index (χ0v) is 11.1. The van der Waals surface area contributed by atoms with Crippen molar-refractivity contribution in [3.8, 4) is 0 Å². The second-order valence-corrected chi connectivity index (χ2v) is 4.88. The largest absolute Gasteiger partial charge is 0.341 e. The molecule has 0 unspecified atom stereocenters. The second-order valence-electron chi connectivity index (χ2n) is 4.88. The van der Waals surface area contributed by atoms with E-state index in [2.05, 4.69) is 27.1 Å². The van der Waals surface area contributed by atoms with Gasteiger partial charge < -0.3 is 10.2 Å². The molecule has 0 bridgehead atoms. The third-order valence-corrected chi connectivity index (χ3v) is 3.66. The quantitative estimate of drug-likeness (QED) is 0.889.